The number of nitriles is 2. The van der Waals surface area contributed by atoms with Gasteiger partial charge in [-0.05, 0) is 24.0 Å². The average molecular weight is 282 g/mol. The first kappa shape index (κ1) is 16.3. The molecule has 1 aromatic rings. The topological polar surface area (TPSA) is 106 Å². The Hall–Kier alpha value is -2.79. The minimum Gasteiger partial charge on any atom is -0.507 e. The number of aromatic hydroxyl groups is 1. The second kappa shape index (κ2) is 6.11. The van der Waals surface area contributed by atoms with E-state index < -0.39 is 0 Å². The predicted molar refractivity (Wildman–Crippen MR) is 81.6 cm³/mol. The fourth-order valence-electron chi connectivity index (χ4n) is 1.82. The summed E-state index contributed by atoms with van der Waals surface area (Å²) in [5, 5.41) is 27.9. The van der Waals surface area contributed by atoms with Crippen molar-refractivity contribution in [3.05, 3.63) is 40.2 Å². The highest BCUT2D eigenvalue weighted by molar-refractivity contribution is 5.85. The number of allylic oxidation sites excluding steroid dienone is 2. The zero-order valence-electron chi connectivity index (χ0n) is 12.6. The van der Waals surface area contributed by atoms with Crippen LogP contribution in [0.25, 0.3) is 0 Å². The van der Waals surface area contributed by atoms with Gasteiger partial charge >= 0.3 is 0 Å². The highest BCUT2D eigenvalue weighted by Gasteiger charge is 2.20. The van der Waals surface area contributed by atoms with Crippen LogP contribution in [0.5, 0.6) is 5.75 Å². The maximum atomic E-state index is 10.3. The smallest absolute Gasteiger partial charge is 0.174 e. The van der Waals surface area contributed by atoms with E-state index in [0.29, 0.717) is 5.56 Å². The minimum atomic E-state index is -0.253. The number of hydrogen-bond acceptors (Lipinski definition) is 5. The summed E-state index contributed by atoms with van der Waals surface area (Å²) in [4.78, 5) is 3.89. The van der Waals surface area contributed by atoms with Crippen LogP contribution in [0, 0.1) is 29.6 Å². The Bertz CT molecular complexity index is 695. The van der Waals surface area contributed by atoms with Crippen molar-refractivity contribution in [1.82, 2.24) is 0 Å². The molecule has 0 unspecified atom stereocenters. The zero-order valence-corrected chi connectivity index (χ0v) is 12.6. The summed E-state index contributed by atoms with van der Waals surface area (Å²) in [6, 6.07) is 7.10. The average Bonchev–Trinajstić information content (AvgIpc) is 2.40. The Morgan fingerprint density at radius 1 is 1.29 bits per heavy atom. The first-order valence-corrected chi connectivity index (χ1v) is 6.38. The first-order valence-electron chi connectivity index (χ1n) is 6.38. The van der Waals surface area contributed by atoms with Gasteiger partial charge < -0.3 is 10.8 Å². The summed E-state index contributed by atoms with van der Waals surface area (Å²) < 4.78 is 0. The van der Waals surface area contributed by atoms with Gasteiger partial charge in [-0.2, -0.15) is 10.5 Å². The van der Waals surface area contributed by atoms with Gasteiger partial charge in [-0.25, -0.2) is 4.99 Å². The summed E-state index contributed by atoms with van der Waals surface area (Å²) in [5.41, 5.74) is 6.97. The number of nitrogens with two attached hydrogens (primary N) is 1. The molecule has 3 N–H and O–H groups in total. The zero-order chi connectivity index (χ0) is 16.2. The molecule has 0 atom stereocenters. The second-order valence-electron chi connectivity index (χ2n) is 5.74. The Morgan fingerprint density at radius 3 is 2.38 bits per heavy atom. The molecule has 1 rings (SSSR count). The molecular weight excluding hydrogens is 264 g/mol. The van der Waals surface area contributed by atoms with E-state index in [-0.39, 0.29) is 22.6 Å². The highest BCUT2D eigenvalue weighted by Crippen LogP contribution is 2.33. The molecule has 108 valence electrons. The molecule has 0 radical (unpaired) electrons. The lowest BCUT2D eigenvalue weighted by molar-refractivity contribution is 0.445. The molecule has 0 aliphatic heterocycles. The van der Waals surface area contributed by atoms with E-state index in [1.807, 2.05) is 33.8 Å². The van der Waals surface area contributed by atoms with Crippen molar-refractivity contribution in [2.75, 3.05) is 0 Å². The van der Waals surface area contributed by atoms with Gasteiger partial charge in [0.1, 0.15) is 23.6 Å². The van der Waals surface area contributed by atoms with Gasteiger partial charge in [0.15, 0.2) is 5.70 Å². The van der Waals surface area contributed by atoms with Gasteiger partial charge in [0.2, 0.25) is 0 Å². The quantitative estimate of drug-likeness (QED) is 0.642. The van der Waals surface area contributed by atoms with Crippen LogP contribution in [-0.2, 0) is 5.41 Å². The predicted octanol–water partition coefficient (Wildman–Crippen LogP) is 2.63. The van der Waals surface area contributed by atoms with Crippen molar-refractivity contribution >= 4 is 6.21 Å². The van der Waals surface area contributed by atoms with Gasteiger partial charge in [-0.1, -0.05) is 26.8 Å². The number of phenols is 1. The van der Waals surface area contributed by atoms with E-state index in [4.69, 9.17) is 16.3 Å². The summed E-state index contributed by atoms with van der Waals surface area (Å²) in [6.45, 7) is 7.90. The molecule has 5 heteroatoms. The monoisotopic (exact) mass is 282 g/mol. The van der Waals surface area contributed by atoms with Crippen LogP contribution >= 0.6 is 0 Å². The van der Waals surface area contributed by atoms with Crippen LogP contribution in [-0.4, -0.2) is 11.3 Å². The van der Waals surface area contributed by atoms with Crippen molar-refractivity contribution in [2.45, 2.75) is 33.1 Å². The normalized spacial score (nSPS) is 12.7. The lowest BCUT2D eigenvalue weighted by Gasteiger charge is -2.22. The summed E-state index contributed by atoms with van der Waals surface area (Å²) in [7, 11) is 0. The van der Waals surface area contributed by atoms with E-state index in [9.17, 15) is 5.11 Å². The first-order chi connectivity index (χ1) is 9.70. The van der Waals surface area contributed by atoms with Crippen molar-refractivity contribution in [2.24, 2.45) is 10.7 Å². The third-order valence-electron chi connectivity index (χ3n) is 2.91. The molecule has 0 aliphatic carbocycles. The van der Waals surface area contributed by atoms with Gasteiger partial charge in [0, 0.05) is 17.3 Å². The molecule has 1 aromatic carbocycles. The molecule has 0 fully saturated rings. The fraction of sp³-hybridized carbons (Fsp3) is 0.312. The van der Waals surface area contributed by atoms with Gasteiger partial charge in [0.05, 0.1) is 0 Å². The summed E-state index contributed by atoms with van der Waals surface area (Å²) >= 11 is 0. The van der Waals surface area contributed by atoms with Crippen LogP contribution in [0.1, 0.15) is 37.5 Å². The molecule has 0 saturated carbocycles. The number of phenolic OH excluding ortho intramolecular Hbond substituents is 1. The largest absolute Gasteiger partial charge is 0.507 e. The Labute approximate surface area is 124 Å². The molecule has 0 saturated heterocycles. The van der Waals surface area contributed by atoms with Crippen LogP contribution in [0.2, 0.25) is 0 Å². The molecule has 21 heavy (non-hydrogen) atoms. The molecule has 0 aliphatic rings. The number of nitrogens with zero attached hydrogens (tertiary/aromatic N) is 3. The molecule has 0 amide bonds. The summed E-state index contributed by atoms with van der Waals surface area (Å²) in [6.07, 6.45) is 1.35. The van der Waals surface area contributed by atoms with E-state index >= 15 is 0 Å². The van der Waals surface area contributed by atoms with Crippen molar-refractivity contribution < 1.29 is 5.11 Å². The highest BCUT2D eigenvalue weighted by atomic mass is 16.3. The van der Waals surface area contributed by atoms with Crippen molar-refractivity contribution in [1.29, 1.82) is 10.5 Å². The van der Waals surface area contributed by atoms with Gasteiger partial charge in [0.25, 0.3) is 0 Å². The maximum Gasteiger partial charge on any atom is 0.174 e. The number of aliphatic imine (C=N–C) groups is 1. The third-order valence-corrected chi connectivity index (χ3v) is 2.91. The Morgan fingerprint density at radius 2 is 1.90 bits per heavy atom. The standard InChI is InChI=1S/C16H18N4O/c1-10-5-11(9-20-14(8-18)13(19)7-17)15(21)12(6-10)16(2,3)4/h5-6,9,21H,19H2,1-4H3/b14-13-,20-9?. The number of rotatable bonds is 2. The fourth-order valence-corrected chi connectivity index (χ4v) is 1.82. The van der Waals surface area contributed by atoms with E-state index in [1.165, 1.54) is 6.21 Å². The van der Waals surface area contributed by atoms with Crippen LogP contribution in [0.3, 0.4) is 0 Å². The lowest BCUT2D eigenvalue weighted by Crippen LogP contribution is -2.12. The molecule has 0 heterocycles. The van der Waals surface area contributed by atoms with Crippen molar-refractivity contribution in [3.8, 4) is 17.9 Å². The number of hydrogen-bond donors (Lipinski definition) is 2. The third kappa shape index (κ3) is 3.84. The van der Waals surface area contributed by atoms with E-state index in [2.05, 4.69) is 4.99 Å². The molecule has 0 aromatic heterocycles. The van der Waals surface area contributed by atoms with Crippen LogP contribution in [0.15, 0.2) is 28.5 Å². The minimum absolute atomic E-state index is 0.115. The molecule has 5 nitrogen and oxygen atoms in total. The van der Waals surface area contributed by atoms with Gasteiger partial charge in [-0.15, -0.1) is 0 Å². The van der Waals surface area contributed by atoms with E-state index in [0.717, 1.165) is 11.1 Å². The van der Waals surface area contributed by atoms with Gasteiger partial charge in [-0.3, -0.25) is 0 Å². The van der Waals surface area contributed by atoms with E-state index in [1.54, 1.807) is 18.2 Å². The van der Waals surface area contributed by atoms with Crippen molar-refractivity contribution in [3.63, 3.8) is 0 Å². The molecular formula is C16H18N4O. The Balaban J connectivity index is 3.39. The number of aryl methyl sites for hydroxylation is 1. The summed E-state index contributed by atoms with van der Waals surface area (Å²) in [5.74, 6) is 0.115. The Kier molecular flexibility index (Phi) is 4.73. The number of benzene rings is 1. The molecule has 0 bridgehead atoms. The second-order valence-corrected chi connectivity index (χ2v) is 5.74. The SMILES string of the molecule is Cc1cc(C=N/C(C#N)=C(\N)C#N)c(O)c(C(C)(C)C)c1. The molecule has 0 spiro atoms. The van der Waals surface area contributed by atoms with Crippen LogP contribution in [0.4, 0.5) is 0 Å². The lowest BCUT2D eigenvalue weighted by atomic mass is 9.84. The maximum absolute atomic E-state index is 10.3. The van der Waals surface area contributed by atoms with Crippen LogP contribution < -0.4 is 5.73 Å².